The predicted octanol–water partition coefficient (Wildman–Crippen LogP) is 1.63. The van der Waals surface area contributed by atoms with Crippen molar-refractivity contribution in [3.8, 4) is 0 Å². The van der Waals surface area contributed by atoms with E-state index in [0.717, 1.165) is 32.5 Å². The Kier molecular flexibility index (Phi) is 3.24. The Hall–Kier alpha value is -0.570. The fourth-order valence-electron chi connectivity index (χ4n) is 2.86. The zero-order valence-electron chi connectivity index (χ0n) is 10.8. The molecule has 92 valence electrons. The topological polar surface area (TPSA) is 32.3 Å². The van der Waals surface area contributed by atoms with E-state index in [1.54, 1.807) is 0 Å². The van der Waals surface area contributed by atoms with Crippen LogP contribution in [-0.4, -0.2) is 36.5 Å². The fourth-order valence-corrected chi connectivity index (χ4v) is 2.86. The van der Waals surface area contributed by atoms with Crippen LogP contribution in [0.15, 0.2) is 0 Å². The van der Waals surface area contributed by atoms with Gasteiger partial charge in [0.2, 0.25) is 5.91 Å². The molecular formula is C13H24N2O. The van der Waals surface area contributed by atoms with Gasteiger partial charge in [-0.05, 0) is 37.1 Å². The molecule has 3 nitrogen and oxygen atoms in total. The standard InChI is InChI=1S/C13H24N2O/c1-10(2)13(3)6-8-15(9-13)11-5-4-7-14-12(11)16/h10-11H,4-9H2,1-3H3,(H,14,16)/t11?,13-/m0/s1. The lowest BCUT2D eigenvalue weighted by molar-refractivity contribution is -0.128. The molecule has 0 saturated carbocycles. The number of hydrogen-bond acceptors (Lipinski definition) is 2. The quantitative estimate of drug-likeness (QED) is 0.773. The number of piperidine rings is 1. The van der Waals surface area contributed by atoms with Crippen molar-refractivity contribution in [2.24, 2.45) is 11.3 Å². The predicted molar refractivity (Wildman–Crippen MR) is 65.2 cm³/mol. The molecule has 2 fully saturated rings. The van der Waals surface area contributed by atoms with Gasteiger partial charge in [-0.3, -0.25) is 9.69 Å². The number of carbonyl (C=O) groups is 1. The van der Waals surface area contributed by atoms with Crippen LogP contribution in [0.3, 0.4) is 0 Å². The van der Waals surface area contributed by atoms with Crippen LogP contribution in [-0.2, 0) is 4.79 Å². The second-order valence-electron chi connectivity index (χ2n) is 5.98. The third-order valence-electron chi connectivity index (χ3n) is 4.63. The normalized spacial score (nSPS) is 36.8. The second-order valence-corrected chi connectivity index (χ2v) is 5.98. The van der Waals surface area contributed by atoms with E-state index >= 15 is 0 Å². The minimum atomic E-state index is 0.148. The molecule has 2 atom stereocenters. The molecule has 3 heteroatoms. The van der Waals surface area contributed by atoms with Crippen LogP contribution in [0, 0.1) is 11.3 Å². The highest BCUT2D eigenvalue weighted by Crippen LogP contribution is 2.38. The van der Waals surface area contributed by atoms with E-state index in [1.807, 2.05) is 0 Å². The van der Waals surface area contributed by atoms with Crippen LogP contribution < -0.4 is 5.32 Å². The van der Waals surface area contributed by atoms with Gasteiger partial charge in [-0.15, -0.1) is 0 Å². The summed E-state index contributed by atoms with van der Waals surface area (Å²) in [4.78, 5) is 14.2. The van der Waals surface area contributed by atoms with Crippen LogP contribution in [0.4, 0.5) is 0 Å². The molecule has 0 aliphatic carbocycles. The Balaban J connectivity index is 2.00. The minimum Gasteiger partial charge on any atom is -0.355 e. The zero-order chi connectivity index (χ0) is 11.8. The maximum Gasteiger partial charge on any atom is 0.237 e. The van der Waals surface area contributed by atoms with Crippen LogP contribution in [0.2, 0.25) is 0 Å². The van der Waals surface area contributed by atoms with E-state index in [2.05, 4.69) is 31.0 Å². The Labute approximate surface area is 98.6 Å². The van der Waals surface area contributed by atoms with Crippen LogP contribution >= 0.6 is 0 Å². The second kappa shape index (κ2) is 4.36. The number of amides is 1. The first kappa shape index (κ1) is 11.9. The van der Waals surface area contributed by atoms with E-state index in [4.69, 9.17) is 0 Å². The molecule has 2 rings (SSSR count). The lowest BCUT2D eigenvalue weighted by atomic mass is 9.78. The molecule has 2 heterocycles. The number of hydrogen-bond donors (Lipinski definition) is 1. The molecule has 1 N–H and O–H groups in total. The molecule has 2 aliphatic rings. The minimum absolute atomic E-state index is 0.148. The maximum atomic E-state index is 11.8. The van der Waals surface area contributed by atoms with Crippen molar-refractivity contribution in [3.05, 3.63) is 0 Å². The van der Waals surface area contributed by atoms with E-state index in [-0.39, 0.29) is 11.9 Å². The first-order valence-corrected chi connectivity index (χ1v) is 6.55. The molecule has 0 bridgehead atoms. The van der Waals surface area contributed by atoms with Crippen molar-refractivity contribution in [3.63, 3.8) is 0 Å². The Morgan fingerprint density at radius 2 is 2.25 bits per heavy atom. The SMILES string of the molecule is CC(C)[C@@]1(C)CCN(C2CCCNC2=O)C1. The van der Waals surface area contributed by atoms with Gasteiger partial charge < -0.3 is 5.32 Å². The van der Waals surface area contributed by atoms with Crippen molar-refractivity contribution >= 4 is 5.91 Å². The summed E-state index contributed by atoms with van der Waals surface area (Å²) in [5, 5.41) is 2.98. The van der Waals surface area contributed by atoms with Gasteiger partial charge in [-0.25, -0.2) is 0 Å². The molecule has 1 unspecified atom stereocenters. The molecule has 2 saturated heterocycles. The monoisotopic (exact) mass is 224 g/mol. The largest absolute Gasteiger partial charge is 0.355 e. The molecular weight excluding hydrogens is 200 g/mol. The molecule has 0 aromatic heterocycles. The van der Waals surface area contributed by atoms with E-state index in [1.165, 1.54) is 6.42 Å². The molecule has 2 aliphatic heterocycles. The summed E-state index contributed by atoms with van der Waals surface area (Å²) in [6.07, 6.45) is 3.40. The summed E-state index contributed by atoms with van der Waals surface area (Å²) in [7, 11) is 0. The third kappa shape index (κ3) is 2.10. The summed E-state index contributed by atoms with van der Waals surface area (Å²) >= 11 is 0. The van der Waals surface area contributed by atoms with Gasteiger partial charge in [-0.2, -0.15) is 0 Å². The van der Waals surface area contributed by atoms with Gasteiger partial charge in [0.25, 0.3) is 0 Å². The number of likely N-dealkylation sites (tertiary alicyclic amines) is 1. The number of rotatable bonds is 2. The van der Waals surface area contributed by atoms with Gasteiger partial charge in [0.05, 0.1) is 6.04 Å². The molecule has 1 amide bonds. The summed E-state index contributed by atoms with van der Waals surface area (Å²) < 4.78 is 0. The maximum absolute atomic E-state index is 11.8. The Bertz CT molecular complexity index is 277. The number of nitrogens with zero attached hydrogens (tertiary/aromatic N) is 1. The third-order valence-corrected chi connectivity index (χ3v) is 4.63. The highest BCUT2D eigenvalue weighted by molar-refractivity contribution is 5.82. The molecule has 0 aromatic rings. The van der Waals surface area contributed by atoms with Gasteiger partial charge >= 0.3 is 0 Å². The van der Waals surface area contributed by atoms with Crippen LogP contribution in [0.25, 0.3) is 0 Å². The highest BCUT2D eigenvalue weighted by atomic mass is 16.2. The van der Waals surface area contributed by atoms with E-state index < -0.39 is 0 Å². The lowest BCUT2D eigenvalue weighted by Crippen LogP contribution is -2.50. The first-order valence-electron chi connectivity index (χ1n) is 6.55. The summed E-state index contributed by atoms with van der Waals surface area (Å²) in [5.41, 5.74) is 0.401. The average Bonchev–Trinajstić information content (AvgIpc) is 2.63. The van der Waals surface area contributed by atoms with Gasteiger partial charge in [0.1, 0.15) is 0 Å². The van der Waals surface area contributed by atoms with Gasteiger partial charge in [0, 0.05) is 13.1 Å². The molecule has 0 spiro atoms. The van der Waals surface area contributed by atoms with E-state index in [9.17, 15) is 4.79 Å². The van der Waals surface area contributed by atoms with Crippen molar-refractivity contribution in [1.29, 1.82) is 0 Å². The van der Waals surface area contributed by atoms with E-state index in [0.29, 0.717) is 11.3 Å². The van der Waals surface area contributed by atoms with Crippen molar-refractivity contribution in [2.45, 2.75) is 46.1 Å². The van der Waals surface area contributed by atoms with Gasteiger partial charge in [-0.1, -0.05) is 20.8 Å². The van der Waals surface area contributed by atoms with Crippen LogP contribution in [0.5, 0.6) is 0 Å². The smallest absolute Gasteiger partial charge is 0.237 e. The number of carbonyl (C=O) groups excluding carboxylic acids is 1. The molecule has 0 radical (unpaired) electrons. The summed E-state index contributed by atoms with van der Waals surface area (Å²) in [6.45, 7) is 9.99. The fraction of sp³-hybridized carbons (Fsp3) is 0.923. The zero-order valence-corrected chi connectivity index (χ0v) is 10.8. The van der Waals surface area contributed by atoms with Gasteiger partial charge in [0.15, 0.2) is 0 Å². The summed E-state index contributed by atoms with van der Waals surface area (Å²) in [5.74, 6) is 0.948. The van der Waals surface area contributed by atoms with Crippen molar-refractivity contribution < 1.29 is 4.79 Å². The highest BCUT2D eigenvalue weighted by Gasteiger charge is 2.41. The summed E-state index contributed by atoms with van der Waals surface area (Å²) in [6, 6.07) is 0.148. The van der Waals surface area contributed by atoms with Crippen molar-refractivity contribution in [2.75, 3.05) is 19.6 Å². The Morgan fingerprint density at radius 3 is 2.81 bits per heavy atom. The number of nitrogens with one attached hydrogen (secondary N) is 1. The Morgan fingerprint density at radius 1 is 1.50 bits per heavy atom. The van der Waals surface area contributed by atoms with Crippen LogP contribution in [0.1, 0.15) is 40.0 Å². The molecule has 16 heavy (non-hydrogen) atoms. The first-order chi connectivity index (χ1) is 7.53. The molecule has 0 aromatic carbocycles. The average molecular weight is 224 g/mol. The lowest BCUT2D eigenvalue weighted by Gasteiger charge is -2.33. The van der Waals surface area contributed by atoms with Crippen molar-refractivity contribution in [1.82, 2.24) is 10.2 Å².